The molecule has 0 bridgehead atoms. The van der Waals surface area contributed by atoms with Crippen molar-refractivity contribution in [3.05, 3.63) is 77.9 Å². The Labute approximate surface area is 186 Å². The zero-order valence-electron chi connectivity index (χ0n) is 17.0. The number of carbonyl (C=O) groups is 1. The van der Waals surface area contributed by atoms with Crippen LogP contribution in [0.1, 0.15) is 16.1 Å². The third kappa shape index (κ3) is 4.76. The van der Waals surface area contributed by atoms with E-state index in [9.17, 15) is 30.8 Å². The molecule has 1 saturated heterocycles. The van der Waals surface area contributed by atoms with Gasteiger partial charge in [-0.3, -0.25) is 4.79 Å². The Hall–Kier alpha value is -3.25. The van der Waals surface area contributed by atoms with Crippen molar-refractivity contribution < 1.29 is 30.8 Å². The van der Waals surface area contributed by atoms with Gasteiger partial charge in [0.2, 0.25) is 10.0 Å². The van der Waals surface area contributed by atoms with E-state index in [1.54, 1.807) is 6.20 Å². The van der Waals surface area contributed by atoms with Crippen molar-refractivity contribution in [3.8, 4) is 5.69 Å². The largest absolute Gasteiger partial charge is 0.416 e. The van der Waals surface area contributed by atoms with E-state index < -0.39 is 27.6 Å². The van der Waals surface area contributed by atoms with Gasteiger partial charge in [-0.1, -0.05) is 0 Å². The van der Waals surface area contributed by atoms with Gasteiger partial charge in [0.25, 0.3) is 5.91 Å². The van der Waals surface area contributed by atoms with Crippen LogP contribution < -0.4 is 0 Å². The van der Waals surface area contributed by atoms with Crippen LogP contribution in [0.4, 0.5) is 17.6 Å². The Bertz CT molecular complexity index is 1250. The minimum atomic E-state index is -4.56. The quantitative estimate of drug-likeness (QED) is 0.536. The molecule has 0 N–H and O–H groups in total. The van der Waals surface area contributed by atoms with Crippen molar-refractivity contribution >= 4 is 15.9 Å². The average molecular weight is 482 g/mol. The summed E-state index contributed by atoms with van der Waals surface area (Å²) in [7, 11) is -4.00. The Morgan fingerprint density at radius 1 is 0.879 bits per heavy atom. The fourth-order valence-corrected chi connectivity index (χ4v) is 4.86. The number of hydrogen-bond acceptors (Lipinski definition) is 4. The summed E-state index contributed by atoms with van der Waals surface area (Å²) >= 11 is 0. The molecule has 0 saturated carbocycles. The van der Waals surface area contributed by atoms with Crippen molar-refractivity contribution in [1.29, 1.82) is 0 Å². The highest BCUT2D eigenvalue weighted by molar-refractivity contribution is 7.89. The van der Waals surface area contributed by atoms with E-state index in [4.69, 9.17) is 0 Å². The van der Waals surface area contributed by atoms with Crippen LogP contribution in [0.5, 0.6) is 0 Å². The molecule has 7 nitrogen and oxygen atoms in total. The van der Waals surface area contributed by atoms with Crippen molar-refractivity contribution in [2.75, 3.05) is 26.2 Å². The van der Waals surface area contributed by atoms with Gasteiger partial charge in [0.05, 0.1) is 16.1 Å². The fraction of sp³-hybridized carbons (Fsp3) is 0.238. The lowest BCUT2D eigenvalue weighted by Crippen LogP contribution is -2.50. The van der Waals surface area contributed by atoms with Gasteiger partial charge in [-0.25, -0.2) is 17.5 Å². The number of sulfonamides is 1. The molecule has 1 aliphatic rings. The SMILES string of the molecule is O=C(c1ccn(-c2ccc(F)cc2)n1)N1CCN(S(=O)(=O)c2ccc(C(F)(F)F)cc2)CC1. The Kier molecular flexibility index (Phi) is 5.97. The molecule has 0 spiro atoms. The highest BCUT2D eigenvalue weighted by Gasteiger charge is 2.33. The number of nitrogens with zero attached hydrogens (tertiary/aromatic N) is 4. The zero-order valence-corrected chi connectivity index (χ0v) is 17.9. The number of hydrogen-bond donors (Lipinski definition) is 0. The Morgan fingerprint density at radius 2 is 1.48 bits per heavy atom. The molecule has 33 heavy (non-hydrogen) atoms. The van der Waals surface area contributed by atoms with Crippen LogP contribution in [-0.2, 0) is 16.2 Å². The highest BCUT2D eigenvalue weighted by Crippen LogP contribution is 2.30. The van der Waals surface area contributed by atoms with Gasteiger partial charge < -0.3 is 4.90 Å². The first-order chi connectivity index (χ1) is 15.6. The first kappa shape index (κ1) is 22.9. The molecule has 2 aromatic carbocycles. The van der Waals surface area contributed by atoms with Crippen molar-refractivity contribution in [1.82, 2.24) is 19.0 Å². The van der Waals surface area contributed by atoms with Gasteiger partial charge >= 0.3 is 6.18 Å². The Morgan fingerprint density at radius 3 is 2.06 bits per heavy atom. The number of amides is 1. The molecule has 0 radical (unpaired) electrons. The van der Waals surface area contributed by atoms with E-state index in [1.165, 1.54) is 39.9 Å². The van der Waals surface area contributed by atoms with Gasteiger partial charge in [-0.05, 0) is 54.6 Å². The maximum Gasteiger partial charge on any atom is 0.416 e. The van der Waals surface area contributed by atoms with Gasteiger partial charge in [0, 0.05) is 32.4 Å². The van der Waals surface area contributed by atoms with E-state index in [1.807, 2.05) is 0 Å². The average Bonchev–Trinajstić information content (AvgIpc) is 3.29. The standard InChI is InChI=1S/C21H18F4N4O3S/c22-16-3-5-17(6-4-16)29-10-9-19(26-29)20(30)27-11-13-28(14-12-27)33(31,32)18-7-1-15(2-8-18)21(23,24)25/h1-10H,11-14H2. The first-order valence-corrected chi connectivity index (χ1v) is 11.3. The summed E-state index contributed by atoms with van der Waals surface area (Å²) in [6, 6.07) is 10.4. The molecule has 1 fully saturated rings. The molecule has 0 unspecified atom stereocenters. The normalized spacial score (nSPS) is 15.6. The molecule has 3 aromatic rings. The summed E-state index contributed by atoms with van der Waals surface area (Å²) < 4.78 is 79.4. The minimum Gasteiger partial charge on any atom is -0.335 e. The summed E-state index contributed by atoms with van der Waals surface area (Å²) in [6.07, 6.45) is -3.00. The smallest absolute Gasteiger partial charge is 0.335 e. The summed E-state index contributed by atoms with van der Waals surface area (Å²) in [5, 5.41) is 4.21. The number of rotatable bonds is 4. The van der Waals surface area contributed by atoms with Gasteiger partial charge in [0.1, 0.15) is 5.82 Å². The second-order valence-electron chi connectivity index (χ2n) is 7.34. The van der Waals surface area contributed by atoms with E-state index in [-0.39, 0.29) is 42.7 Å². The monoisotopic (exact) mass is 482 g/mol. The second-order valence-corrected chi connectivity index (χ2v) is 9.28. The maximum absolute atomic E-state index is 13.1. The zero-order chi connectivity index (χ0) is 23.8. The molecule has 12 heteroatoms. The number of aromatic nitrogens is 2. The van der Waals surface area contributed by atoms with E-state index in [2.05, 4.69) is 5.10 Å². The van der Waals surface area contributed by atoms with Crippen LogP contribution in [0.2, 0.25) is 0 Å². The van der Waals surface area contributed by atoms with Gasteiger partial charge in [-0.2, -0.15) is 22.6 Å². The number of piperazine rings is 1. The van der Waals surface area contributed by atoms with Crippen LogP contribution in [0.3, 0.4) is 0 Å². The van der Waals surface area contributed by atoms with Crippen LogP contribution in [0.15, 0.2) is 65.7 Å². The lowest BCUT2D eigenvalue weighted by molar-refractivity contribution is -0.137. The van der Waals surface area contributed by atoms with Crippen molar-refractivity contribution in [3.63, 3.8) is 0 Å². The molecule has 0 aliphatic carbocycles. The Balaban J connectivity index is 1.41. The van der Waals surface area contributed by atoms with E-state index in [0.717, 1.165) is 28.6 Å². The summed E-state index contributed by atoms with van der Waals surface area (Å²) in [4.78, 5) is 14.0. The second kappa shape index (κ2) is 8.60. The fourth-order valence-electron chi connectivity index (χ4n) is 3.43. The molecular formula is C21H18F4N4O3S. The molecule has 4 rings (SSSR count). The molecule has 2 heterocycles. The predicted octanol–water partition coefficient (Wildman–Crippen LogP) is 3.18. The summed E-state index contributed by atoms with van der Waals surface area (Å²) in [5.74, 6) is -0.784. The number of halogens is 4. The number of benzene rings is 2. The maximum atomic E-state index is 13.1. The molecule has 1 aliphatic heterocycles. The van der Waals surface area contributed by atoms with Crippen LogP contribution in [0, 0.1) is 5.82 Å². The first-order valence-electron chi connectivity index (χ1n) is 9.84. The van der Waals surface area contributed by atoms with Gasteiger partial charge in [0.15, 0.2) is 5.69 Å². The lowest BCUT2D eigenvalue weighted by Gasteiger charge is -2.33. The molecule has 1 amide bonds. The minimum absolute atomic E-state index is 0.00618. The van der Waals surface area contributed by atoms with Crippen LogP contribution in [0.25, 0.3) is 5.69 Å². The highest BCUT2D eigenvalue weighted by atomic mass is 32.2. The third-order valence-corrected chi connectivity index (χ3v) is 7.16. The molecule has 174 valence electrons. The van der Waals surface area contributed by atoms with Gasteiger partial charge in [-0.15, -0.1) is 0 Å². The molecule has 1 aromatic heterocycles. The predicted molar refractivity (Wildman–Crippen MR) is 110 cm³/mol. The van der Waals surface area contributed by atoms with Crippen LogP contribution in [-0.4, -0.2) is 59.5 Å². The van der Waals surface area contributed by atoms with Crippen LogP contribution >= 0.6 is 0 Å². The number of carbonyl (C=O) groups excluding carboxylic acids is 1. The summed E-state index contributed by atoms with van der Waals surface area (Å²) in [6.45, 7) is 0.186. The lowest BCUT2D eigenvalue weighted by atomic mass is 10.2. The summed E-state index contributed by atoms with van der Waals surface area (Å²) in [5.41, 5.74) is -0.210. The molecule has 0 atom stereocenters. The topological polar surface area (TPSA) is 75.5 Å². The number of alkyl halides is 3. The van der Waals surface area contributed by atoms with E-state index in [0.29, 0.717) is 5.69 Å². The third-order valence-electron chi connectivity index (χ3n) is 5.24. The van der Waals surface area contributed by atoms with E-state index >= 15 is 0 Å². The van der Waals surface area contributed by atoms with Crippen molar-refractivity contribution in [2.45, 2.75) is 11.1 Å². The van der Waals surface area contributed by atoms with Crippen molar-refractivity contribution in [2.24, 2.45) is 0 Å². The molecular weight excluding hydrogens is 464 g/mol.